The number of hydrogen-bond acceptors (Lipinski definition) is 8. The van der Waals surface area contributed by atoms with Gasteiger partial charge in [-0.2, -0.15) is 0 Å². The third kappa shape index (κ3) is 9.80. The SMILES string of the molecule is CCC[C@H](NC(=O)CN(C(=O)C(NC(=O)[C@@H](NC(=O)c1cnccn1)C1CCCCC1)C(C)(C)C)C1CC1)C(=O)C(=O)NC1CC1. The van der Waals surface area contributed by atoms with Gasteiger partial charge in [-0.25, -0.2) is 4.98 Å². The van der Waals surface area contributed by atoms with E-state index in [1.54, 1.807) is 0 Å². The second kappa shape index (κ2) is 15.6. The van der Waals surface area contributed by atoms with Gasteiger partial charge in [-0.05, 0) is 56.3 Å². The fourth-order valence-corrected chi connectivity index (χ4v) is 5.91. The van der Waals surface area contributed by atoms with Gasteiger partial charge in [0, 0.05) is 24.5 Å². The summed E-state index contributed by atoms with van der Waals surface area (Å²) in [5.74, 6) is -3.44. The third-order valence-electron chi connectivity index (χ3n) is 8.84. The van der Waals surface area contributed by atoms with Crippen molar-refractivity contribution in [3.63, 3.8) is 0 Å². The average Bonchev–Trinajstić information content (AvgIpc) is 3.97. The molecule has 0 radical (unpaired) electrons. The number of nitrogens with one attached hydrogen (secondary N) is 4. The van der Waals surface area contributed by atoms with Crippen LogP contribution in [0.5, 0.6) is 0 Å². The molecule has 4 rings (SSSR count). The van der Waals surface area contributed by atoms with Gasteiger partial charge in [0.1, 0.15) is 17.8 Å². The van der Waals surface area contributed by atoms with Gasteiger partial charge in [0.25, 0.3) is 11.8 Å². The van der Waals surface area contributed by atoms with E-state index in [4.69, 9.17) is 0 Å². The van der Waals surface area contributed by atoms with Gasteiger partial charge in [-0.15, -0.1) is 0 Å². The first kappa shape index (κ1) is 35.0. The maximum absolute atomic E-state index is 14.2. The Balaban J connectivity index is 1.47. The van der Waals surface area contributed by atoms with Gasteiger partial charge in [0.05, 0.1) is 18.8 Å². The smallest absolute Gasteiger partial charge is 0.289 e. The molecule has 3 aliphatic carbocycles. The number of rotatable bonds is 15. The summed E-state index contributed by atoms with van der Waals surface area (Å²) < 4.78 is 0. The van der Waals surface area contributed by atoms with E-state index in [0.29, 0.717) is 25.7 Å². The minimum Gasteiger partial charge on any atom is -0.347 e. The molecule has 0 aliphatic heterocycles. The maximum Gasteiger partial charge on any atom is 0.289 e. The Labute approximate surface area is 270 Å². The topological polar surface area (TPSA) is 180 Å². The normalized spacial score (nSPS) is 18.8. The van der Waals surface area contributed by atoms with E-state index in [0.717, 1.165) is 44.9 Å². The van der Waals surface area contributed by atoms with Crippen LogP contribution >= 0.6 is 0 Å². The molecule has 4 N–H and O–H groups in total. The molecule has 0 saturated heterocycles. The summed E-state index contributed by atoms with van der Waals surface area (Å²) in [6.45, 7) is 7.06. The molecule has 3 fully saturated rings. The number of carbonyl (C=O) groups excluding carboxylic acids is 6. The van der Waals surface area contributed by atoms with E-state index in [-0.39, 0.29) is 30.2 Å². The zero-order valence-corrected chi connectivity index (χ0v) is 27.5. The lowest BCUT2D eigenvalue weighted by Crippen LogP contribution is -2.61. The summed E-state index contributed by atoms with van der Waals surface area (Å²) in [6.07, 6.45) is 12.6. The lowest BCUT2D eigenvalue weighted by molar-refractivity contribution is -0.144. The lowest BCUT2D eigenvalue weighted by atomic mass is 9.82. The van der Waals surface area contributed by atoms with Crippen LogP contribution in [0.2, 0.25) is 0 Å². The van der Waals surface area contributed by atoms with Crippen LogP contribution in [0.3, 0.4) is 0 Å². The highest BCUT2D eigenvalue weighted by Crippen LogP contribution is 2.31. The molecule has 0 spiro atoms. The fourth-order valence-electron chi connectivity index (χ4n) is 5.91. The van der Waals surface area contributed by atoms with Crippen molar-refractivity contribution in [1.82, 2.24) is 36.1 Å². The molecule has 13 nitrogen and oxygen atoms in total. The van der Waals surface area contributed by atoms with Gasteiger partial charge in [0.2, 0.25) is 23.5 Å². The average molecular weight is 640 g/mol. The minimum atomic E-state index is -0.995. The van der Waals surface area contributed by atoms with Crippen LogP contribution in [0.1, 0.15) is 109 Å². The zero-order chi connectivity index (χ0) is 33.4. The fraction of sp³-hybridized carbons (Fsp3) is 0.697. The Kier molecular flexibility index (Phi) is 11.9. The Morgan fingerprint density at radius 3 is 2.17 bits per heavy atom. The second-order valence-electron chi connectivity index (χ2n) is 14.0. The molecule has 3 atom stereocenters. The second-order valence-corrected chi connectivity index (χ2v) is 14.0. The summed E-state index contributed by atoms with van der Waals surface area (Å²) in [5.41, 5.74) is -0.639. The maximum atomic E-state index is 14.2. The van der Waals surface area contributed by atoms with Gasteiger partial charge in [0.15, 0.2) is 0 Å². The molecular weight excluding hydrogens is 590 g/mol. The highest BCUT2D eigenvalue weighted by Gasteiger charge is 2.44. The Hall–Kier alpha value is -3.90. The van der Waals surface area contributed by atoms with Crippen molar-refractivity contribution >= 4 is 35.3 Å². The van der Waals surface area contributed by atoms with Crippen molar-refractivity contribution in [2.24, 2.45) is 11.3 Å². The highest BCUT2D eigenvalue weighted by molar-refractivity contribution is 6.38. The van der Waals surface area contributed by atoms with Crippen LogP contribution in [-0.2, 0) is 24.0 Å². The van der Waals surface area contributed by atoms with Gasteiger partial charge >= 0.3 is 0 Å². The minimum absolute atomic E-state index is 0.0139. The molecule has 13 heteroatoms. The molecule has 1 unspecified atom stereocenters. The molecular formula is C33H49N7O6. The number of aromatic nitrogens is 2. The number of hydrogen-bond donors (Lipinski definition) is 4. The van der Waals surface area contributed by atoms with Crippen molar-refractivity contribution in [2.45, 2.75) is 129 Å². The number of Topliss-reactive ketones (excluding diaryl/α,β-unsaturated/α-hetero) is 1. The highest BCUT2D eigenvalue weighted by atomic mass is 16.2. The molecule has 1 aromatic rings. The van der Waals surface area contributed by atoms with E-state index >= 15 is 0 Å². The Morgan fingerprint density at radius 2 is 1.61 bits per heavy atom. The number of amides is 5. The van der Waals surface area contributed by atoms with Gasteiger partial charge in [-0.1, -0.05) is 53.4 Å². The van der Waals surface area contributed by atoms with E-state index in [1.807, 2.05) is 27.7 Å². The van der Waals surface area contributed by atoms with Crippen molar-refractivity contribution in [3.05, 3.63) is 24.3 Å². The van der Waals surface area contributed by atoms with Crippen LogP contribution in [-0.4, -0.2) is 86.9 Å². The lowest BCUT2D eigenvalue weighted by Gasteiger charge is -2.37. The quantitative estimate of drug-likeness (QED) is 0.210. The summed E-state index contributed by atoms with van der Waals surface area (Å²) in [4.78, 5) is 89.2. The summed E-state index contributed by atoms with van der Waals surface area (Å²) >= 11 is 0. The summed E-state index contributed by atoms with van der Waals surface area (Å²) in [7, 11) is 0. The molecule has 252 valence electrons. The predicted octanol–water partition coefficient (Wildman–Crippen LogP) is 1.81. The first-order valence-electron chi connectivity index (χ1n) is 16.7. The van der Waals surface area contributed by atoms with E-state index in [2.05, 4.69) is 31.2 Å². The monoisotopic (exact) mass is 639 g/mol. The van der Waals surface area contributed by atoms with Crippen molar-refractivity contribution in [2.75, 3.05) is 6.54 Å². The van der Waals surface area contributed by atoms with Crippen LogP contribution in [0.15, 0.2) is 18.6 Å². The zero-order valence-electron chi connectivity index (χ0n) is 27.5. The molecule has 1 heterocycles. The molecule has 3 saturated carbocycles. The molecule has 46 heavy (non-hydrogen) atoms. The third-order valence-corrected chi connectivity index (χ3v) is 8.84. The van der Waals surface area contributed by atoms with Crippen LogP contribution in [0, 0.1) is 11.3 Å². The molecule has 3 aliphatic rings. The molecule has 1 aromatic heterocycles. The van der Waals surface area contributed by atoms with Crippen LogP contribution in [0.25, 0.3) is 0 Å². The summed E-state index contributed by atoms with van der Waals surface area (Å²) in [6, 6.07) is -3.03. The van der Waals surface area contributed by atoms with Crippen LogP contribution in [0.4, 0.5) is 0 Å². The molecule has 0 aromatic carbocycles. The van der Waals surface area contributed by atoms with Crippen molar-refractivity contribution < 1.29 is 28.8 Å². The predicted molar refractivity (Wildman–Crippen MR) is 169 cm³/mol. The molecule has 5 amide bonds. The first-order valence-corrected chi connectivity index (χ1v) is 16.7. The number of nitrogens with zero attached hydrogens (tertiary/aromatic N) is 3. The largest absolute Gasteiger partial charge is 0.347 e. The van der Waals surface area contributed by atoms with Crippen LogP contribution < -0.4 is 21.3 Å². The Bertz CT molecular complexity index is 1270. The molecule has 0 bridgehead atoms. The summed E-state index contributed by atoms with van der Waals surface area (Å²) in [5, 5.41) is 11.2. The number of ketones is 1. The first-order chi connectivity index (χ1) is 21.9. The van der Waals surface area contributed by atoms with Crippen molar-refractivity contribution in [1.29, 1.82) is 0 Å². The van der Waals surface area contributed by atoms with Gasteiger partial charge < -0.3 is 26.2 Å². The van der Waals surface area contributed by atoms with Crippen molar-refractivity contribution in [3.8, 4) is 0 Å². The Morgan fingerprint density at radius 1 is 0.913 bits per heavy atom. The van der Waals surface area contributed by atoms with E-state index < -0.39 is 58.9 Å². The number of carbonyl (C=O) groups is 6. The van der Waals surface area contributed by atoms with E-state index in [1.165, 1.54) is 23.5 Å². The standard InChI is InChI=1S/C33H49N7O6/c1-5-9-23(27(42)31(45)36-21-12-13-21)37-25(41)19-40(22-14-15-22)32(46)28(33(2,3)4)39-30(44)26(20-10-7-6-8-11-20)38-29(43)24-18-34-16-17-35-24/h16-18,20-23,26,28H,5-15,19H2,1-4H3,(H,36,45)(H,37,41)(H,38,43)(H,39,44)/t23-,26-,28?/m0/s1. The van der Waals surface area contributed by atoms with E-state index in [9.17, 15) is 28.8 Å². The van der Waals surface area contributed by atoms with Gasteiger partial charge in [-0.3, -0.25) is 33.8 Å².